The van der Waals surface area contributed by atoms with Gasteiger partial charge in [-0.2, -0.15) is 0 Å². The summed E-state index contributed by atoms with van der Waals surface area (Å²) in [6.45, 7) is 11.1. The first-order valence-electron chi connectivity index (χ1n) is 8.22. The fourth-order valence-corrected chi connectivity index (χ4v) is 3.94. The predicted octanol–water partition coefficient (Wildman–Crippen LogP) is 4.63. The van der Waals surface area contributed by atoms with E-state index >= 15 is 0 Å². The van der Waals surface area contributed by atoms with Crippen LogP contribution < -0.4 is 5.32 Å². The molecule has 1 fully saturated rings. The Morgan fingerprint density at radius 1 is 1.30 bits per heavy atom. The minimum absolute atomic E-state index is 0.406. The molecule has 0 radical (unpaired) electrons. The van der Waals surface area contributed by atoms with Crippen molar-refractivity contribution in [3.05, 3.63) is 28.6 Å². The molecule has 1 heterocycles. The second kappa shape index (κ2) is 6.71. The number of rotatable bonds is 4. The van der Waals surface area contributed by atoms with Crippen molar-refractivity contribution in [1.82, 2.24) is 10.3 Å². The van der Waals surface area contributed by atoms with Crippen molar-refractivity contribution in [3.63, 3.8) is 0 Å². The molecular formula is C18H30N2. The predicted molar refractivity (Wildman–Crippen MR) is 86.0 cm³/mol. The van der Waals surface area contributed by atoms with E-state index in [1.54, 1.807) is 0 Å². The van der Waals surface area contributed by atoms with Crippen molar-refractivity contribution < 1.29 is 0 Å². The first kappa shape index (κ1) is 15.5. The highest BCUT2D eigenvalue weighted by Gasteiger charge is 2.23. The van der Waals surface area contributed by atoms with Crippen LogP contribution in [0.5, 0.6) is 0 Å². The number of hydrogen-bond acceptors (Lipinski definition) is 2. The molecule has 1 saturated carbocycles. The van der Waals surface area contributed by atoms with Gasteiger partial charge in [-0.15, -0.1) is 0 Å². The third-order valence-corrected chi connectivity index (χ3v) is 4.86. The van der Waals surface area contributed by atoms with Gasteiger partial charge in [-0.1, -0.05) is 26.2 Å². The Morgan fingerprint density at radius 3 is 2.70 bits per heavy atom. The molecule has 3 atom stereocenters. The molecule has 1 aliphatic carbocycles. The van der Waals surface area contributed by atoms with E-state index in [0.29, 0.717) is 12.1 Å². The van der Waals surface area contributed by atoms with Gasteiger partial charge < -0.3 is 5.32 Å². The molecule has 1 N–H and O–H groups in total. The fraction of sp³-hybridized carbons (Fsp3) is 0.722. The van der Waals surface area contributed by atoms with Gasteiger partial charge in [-0.3, -0.25) is 4.98 Å². The van der Waals surface area contributed by atoms with E-state index in [2.05, 4.69) is 51.0 Å². The van der Waals surface area contributed by atoms with Gasteiger partial charge in [0, 0.05) is 23.5 Å². The van der Waals surface area contributed by atoms with E-state index in [4.69, 9.17) is 0 Å². The van der Waals surface area contributed by atoms with Gasteiger partial charge in [0.1, 0.15) is 0 Å². The lowest BCUT2D eigenvalue weighted by atomic mass is 9.83. The van der Waals surface area contributed by atoms with Gasteiger partial charge in [0.15, 0.2) is 0 Å². The Kier molecular flexibility index (Phi) is 5.20. The molecule has 1 aromatic rings. The maximum atomic E-state index is 4.64. The number of nitrogens with one attached hydrogen (secondary N) is 1. The summed E-state index contributed by atoms with van der Waals surface area (Å²) < 4.78 is 0. The Bertz CT molecular complexity index is 430. The number of hydrogen-bond donors (Lipinski definition) is 1. The van der Waals surface area contributed by atoms with Crippen molar-refractivity contribution >= 4 is 0 Å². The number of nitrogens with zero attached hydrogens (tertiary/aromatic N) is 1. The zero-order valence-corrected chi connectivity index (χ0v) is 13.8. The molecule has 0 saturated heterocycles. The van der Waals surface area contributed by atoms with E-state index in [1.807, 2.05) is 0 Å². The summed E-state index contributed by atoms with van der Waals surface area (Å²) in [4.78, 5) is 4.64. The molecule has 0 aromatic carbocycles. The molecule has 2 rings (SSSR count). The topological polar surface area (TPSA) is 24.9 Å². The molecule has 2 heteroatoms. The minimum Gasteiger partial charge on any atom is -0.307 e. The van der Waals surface area contributed by atoms with Gasteiger partial charge in [0.25, 0.3) is 0 Å². The zero-order chi connectivity index (χ0) is 14.7. The van der Waals surface area contributed by atoms with Gasteiger partial charge >= 0.3 is 0 Å². The lowest BCUT2D eigenvalue weighted by Crippen LogP contribution is -2.36. The Morgan fingerprint density at radius 2 is 2.05 bits per heavy atom. The zero-order valence-electron chi connectivity index (χ0n) is 13.8. The summed E-state index contributed by atoms with van der Waals surface area (Å²) in [5.41, 5.74) is 5.08. The molecule has 1 aromatic heterocycles. The second-order valence-electron chi connectivity index (χ2n) is 6.61. The molecule has 0 aliphatic heterocycles. The highest BCUT2D eigenvalue weighted by Crippen LogP contribution is 2.29. The lowest BCUT2D eigenvalue weighted by molar-refractivity contribution is 0.265. The van der Waals surface area contributed by atoms with Crippen molar-refractivity contribution in [1.29, 1.82) is 0 Å². The summed E-state index contributed by atoms with van der Waals surface area (Å²) in [7, 11) is 0. The Hall–Kier alpha value is -0.890. The number of aromatic nitrogens is 1. The van der Waals surface area contributed by atoms with Gasteiger partial charge in [0.05, 0.1) is 0 Å². The standard InChI is InChI=1S/C18H30N2/c1-6-16-8-7-9-17(11-16)20-15(5)18-12(2)10-13(3)19-14(18)4/h10,15-17,20H,6-9,11H2,1-5H3. The summed E-state index contributed by atoms with van der Waals surface area (Å²) in [5.74, 6) is 0.923. The molecule has 3 unspecified atom stereocenters. The minimum atomic E-state index is 0.406. The Labute approximate surface area is 124 Å². The van der Waals surface area contributed by atoms with Crippen LogP contribution in [0.4, 0.5) is 0 Å². The fourth-order valence-electron chi connectivity index (χ4n) is 3.94. The molecule has 0 amide bonds. The van der Waals surface area contributed by atoms with Gasteiger partial charge in [0.2, 0.25) is 0 Å². The molecular weight excluding hydrogens is 244 g/mol. The van der Waals surface area contributed by atoms with Crippen molar-refractivity contribution in [2.24, 2.45) is 5.92 Å². The first-order valence-corrected chi connectivity index (χ1v) is 8.22. The van der Waals surface area contributed by atoms with E-state index in [1.165, 1.54) is 48.9 Å². The smallest absolute Gasteiger partial charge is 0.0426 e. The molecule has 20 heavy (non-hydrogen) atoms. The summed E-state index contributed by atoms with van der Waals surface area (Å²) in [5, 5.41) is 3.86. The first-order chi connectivity index (χ1) is 9.51. The average Bonchev–Trinajstić information content (AvgIpc) is 2.37. The van der Waals surface area contributed by atoms with E-state index < -0.39 is 0 Å². The third-order valence-electron chi connectivity index (χ3n) is 4.86. The monoisotopic (exact) mass is 274 g/mol. The normalized spacial score (nSPS) is 24.6. The highest BCUT2D eigenvalue weighted by molar-refractivity contribution is 5.33. The third kappa shape index (κ3) is 3.60. The molecule has 0 bridgehead atoms. The Balaban J connectivity index is 2.06. The van der Waals surface area contributed by atoms with Crippen molar-refractivity contribution in [2.45, 2.75) is 78.8 Å². The highest BCUT2D eigenvalue weighted by atomic mass is 15.0. The van der Waals surface area contributed by atoms with E-state index in [-0.39, 0.29) is 0 Å². The SMILES string of the molecule is CCC1CCCC(NC(C)c2c(C)cc(C)nc2C)C1. The maximum absolute atomic E-state index is 4.64. The molecule has 112 valence electrons. The van der Waals surface area contributed by atoms with Crippen LogP contribution in [0.2, 0.25) is 0 Å². The molecule has 2 nitrogen and oxygen atoms in total. The molecule has 0 spiro atoms. The lowest BCUT2D eigenvalue weighted by Gasteiger charge is -2.32. The van der Waals surface area contributed by atoms with Gasteiger partial charge in [-0.25, -0.2) is 0 Å². The van der Waals surface area contributed by atoms with Crippen LogP contribution >= 0.6 is 0 Å². The molecule has 1 aliphatic rings. The summed E-state index contributed by atoms with van der Waals surface area (Å²) >= 11 is 0. The number of aryl methyl sites for hydroxylation is 3. The quantitative estimate of drug-likeness (QED) is 0.866. The number of pyridine rings is 1. The maximum Gasteiger partial charge on any atom is 0.0426 e. The summed E-state index contributed by atoms with van der Waals surface area (Å²) in [6, 6.07) is 3.29. The largest absolute Gasteiger partial charge is 0.307 e. The van der Waals surface area contributed by atoms with E-state index in [0.717, 1.165) is 11.6 Å². The summed E-state index contributed by atoms with van der Waals surface area (Å²) in [6.07, 6.45) is 6.81. The van der Waals surface area contributed by atoms with Gasteiger partial charge in [-0.05, 0) is 63.6 Å². The van der Waals surface area contributed by atoms with Crippen LogP contribution in [-0.4, -0.2) is 11.0 Å². The van der Waals surface area contributed by atoms with E-state index in [9.17, 15) is 0 Å². The average molecular weight is 274 g/mol. The van der Waals surface area contributed by atoms with Crippen molar-refractivity contribution in [3.8, 4) is 0 Å². The van der Waals surface area contributed by atoms with Crippen LogP contribution in [-0.2, 0) is 0 Å². The van der Waals surface area contributed by atoms with Crippen LogP contribution in [0.3, 0.4) is 0 Å². The van der Waals surface area contributed by atoms with Crippen LogP contribution in [0.25, 0.3) is 0 Å². The van der Waals surface area contributed by atoms with Crippen LogP contribution in [0, 0.1) is 26.7 Å². The second-order valence-corrected chi connectivity index (χ2v) is 6.61. The van der Waals surface area contributed by atoms with Crippen LogP contribution in [0.1, 0.15) is 74.5 Å². The van der Waals surface area contributed by atoms with Crippen LogP contribution in [0.15, 0.2) is 6.07 Å². The van der Waals surface area contributed by atoms with Crippen molar-refractivity contribution in [2.75, 3.05) is 0 Å².